The average molecular weight is 316 g/mol. The summed E-state index contributed by atoms with van der Waals surface area (Å²) in [5.74, 6) is -1.56. The predicted octanol–water partition coefficient (Wildman–Crippen LogP) is 3.82. The van der Waals surface area contributed by atoms with Crippen molar-refractivity contribution in [3.05, 3.63) is 28.8 Å². The van der Waals surface area contributed by atoms with Crippen LogP contribution in [0.15, 0.2) is 18.2 Å². The van der Waals surface area contributed by atoms with Gasteiger partial charge in [-0.1, -0.05) is 52.5 Å². The van der Waals surface area contributed by atoms with Crippen molar-refractivity contribution < 1.29 is 14.3 Å². The lowest BCUT2D eigenvalue weighted by molar-refractivity contribution is -0.133. The van der Waals surface area contributed by atoms with E-state index in [0.29, 0.717) is 0 Å². The van der Waals surface area contributed by atoms with Gasteiger partial charge in [0.25, 0.3) is 3.79 Å². The first-order valence-electron chi connectivity index (χ1n) is 4.32. The maximum atomic E-state index is 11.4. The van der Waals surface area contributed by atoms with Crippen LogP contribution in [0, 0.1) is 0 Å². The van der Waals surface area contributed by atoms with E-state index in [1.165, 1.54) is 19.1 Å². The Morgan fingerprint density at radius 3 is 2.29 bits per heavy atom. The molecule has 0 bridgehead atoms. The molecule has 0 heterocycles. The van der Waals surface area contributed by atoms with Gasteiger partial charge in [-0.05, 0) is 19.1 Å². The fourth-order valence-electron chi connectivity index (χ4n) is 1.04. The molecule has 3 nitrogen and oxygen atoms in total. The molecule has 0 aliphatic heterocycles. The third-order valence-corrected chi connectivity index (χ3v) is 2.53. The van der Waals surface area contributed by atoms with Crippen LogP contribution in [0.5, 0.6) is 5.75 Å². The zero-order valence-electron chi connectivity index (χ0n) is 8.47. The van der Waals surface area contributed by atoms with Crippen molar-refractivity contribution in [2.24, 2.45) is 0 Å². The largest absolute Gasteiger partial charge is 0.421 e. The number of hydrogen-bond acceptors (Lipinski definition) is 3. The molecule has 0 aliphatic rings. The van der Waals surface area contributed by atoms with E-state index < -0.39 is 9.76 Å². The molecule has 17 heavy (non-hydrogen) atoms. The van der Waals surface area contributed by atoms with E-state index >= 15 is 0 Å². The Hall–Kier alpha value is -0.480. The molecule has 92 valence electrons. The standard InChI is InChI=1S/C10H6Cl4O3/c1-5(15)6-3-2-4-7(11)8(6)17-9(16)10(12,13)14/h2-4H,1H3. The summed E-state index contributed by atoms with van der Waals surface area (Å²) in [6, 6.07) is 4.45. The molecule has 0 spiro atoms. The maximum Gasteiger partial charge on any atom is 0.364 e. The first-order valence-corrected chi connectivity index (χ1v) is 5.83. The molecule has 0 N–H and O–H groups in total. The minimum Gasteiger partial charge on any atom is -0.421 e. The second-order valence-electron chi connectivity index (χ2n) is 3.06. The fraction of sp³-hybridized carbons (Fsp3) is 0.200. The van der Waals surface area contributed by atoms with Gasteiger partial charge in [-0.25, -0.2) is 4.79 Å². The number of carbonyl (C=O) groups is 2. The number of rotatable bonds is 2. The number of ether oxygens (including phenoxy) is 1. The third kappa shape index (κ3) is 3.75. The number of benzene rings is 1. The number of carbonyl (C=O) groups excluding carboxylic acids is 2. The van der Waals surface area contributed by atoms with Crippen LogP contribution in [0.25, 0.3) is 0 Å². The first kappa shape index (κ1) is 14.6. The Balaban J connectivity index is 3.14. The Kier molecular flexibility index (Phi) is 4.67. The summed E-state index contributed by atoms with van der Waals surface area (Å²) in [7, 11) is 0. The summed E-state index contributed by atoms with van der Waals surface area (Å²) in [4.78, 5) is 22.7. The van der Waals surface area contributed by atoms with Gasteiger partial charge >= 0.3 is 5.97 Å². The molecule has 7 heteroatoms. The second-order valence-corrected chi connectivity index (χ2v) is 5.75. The highest BCUT2D eigenvalue weighted by Gasteiger charge is 2.34. The fourth-order valence-corrected chi connectivity index (χ4v) is 1.37. The number of alkyl halides is 3. The van der Waals surface area contributed by atoms with E-state index in [-0.39, 0.29) is 22.1 Å². The molecule has 0 radical (unpaired) electrons. The monoisotopic (exact) mass is 314 g/mol. The van der Waals surface area contributed by atoms with Crippen molar-refractivity contribution in [1.82, 2.24) is 0 Å². The Morgan fingerprint density at radius 2 is 1.82 bits per heavy atom. The van der Waals surface area contributed by atoms with E-state index in [1.807, 2.05) is 0 Å². The van der Waals surface area contributed by atoms with E-state index in [4.69, 9.17) is 51.1 Å². The second kappa shape index (κ2) is 5.44. The molecule has 0 unspecified atom stereocenters. The highest BCUT2D eigenvalue weighted by atomic mass is 35.6. The van der Waals surface area contributed by atoms with Crippen molar-refractivity contribution in [2.45, 2.75) is 10.7 Å². The molecular weight excluding hydrogens is 310 g/mol. The van der Waals surface area contributed by atoms with Gasteiger partial charge in [-0.2, -0.15) is 0 Å². The molecular formula is C10H6Cl4O3. The summed E-state index contributed by atoms with van der Waals surface area (Å²) < 4.78 is 2.59. The van der Waals surface area contributed by atoms with Gasteiger partial charge in [0.05, 0.1) is 10.6 Å². The zero-order chi connectivity index (χ0) is 13.2. The number of hydrogen-bond donors (Lipinski definition) is 0. The van der Waals surface area contributed by atoms with Gasteiger partial charge in [0.15, 0.2) is 11.5 Å². The van der Waals surface area contributed by atoms with Crippen molar-refractivity contribution >= 4 is 58.2 Å². The van der Waals surface area contributed by atoms with Crippen LogP contribution in [0.2, 0.25) is 5.02 Å². The number of ketones is 1. The van der Waals surface area contributed by atoms with Crippen LogP contribution in [-0.2, 0) is 4.79 Å². The van der Waals surface area contributed by atoms with Crippen LogP contribution in [0.1, 0.15) is 17.3 Å². The molecule has 1 rings (SSSR count). The molecule has 1 aromatic rings. The number of para-hydroxylation sites is 1. The van der Waals surface area contributed by atoms with Crippen LogP contribution in [-0.4, -0.2) is 15.5 Å². The van der Waals surface area contributed by atoms with Crippen molar-refractivity contribution in [3.8, 4) is 5.75 Å². The summed E-state index contributed by atoms with van der Waals surface area (Å²) in [5.41, 5.74) is 0.139. The van der Waals surface area contributed by atoms with Gasteiger partial charge in [0.2, 0.25) is 0 Å². The number of esters is 1. The van der Waals surface area contributed by atoms with Gasteiger partial charge in [0.1, 0.15) is 0 Å². The normalized spacial score (nSPS) is 11.1. The minimum absolute atomic E-state index is 0.0836. The highest BCUT2D eigenvalue weighted by molar-refractivity contribution is 6.75. The molecule has 0 saturated heterocycles. The van der Waals surface area contributed by atoms with Crippen molar-refractivity contribution in [3.63, 3.8) is 0 Å². The molecule has 0 fully saturated rings. The molecule has 0 aromatic heterocycles. The van der Waals surface area contributed by atoms with E-state index in [9.17, 15) is 9.59 Å². The van der Waals surface area contributed by atoms with Gasteiger partial charge in [-0.15, -0.1) is 0 Å². The maximum absolute atomic E-state index is 11.4. The summed E-state index contributed by atoms with van der Waals surface area (Å²) in [6.07, 6.45) is 0. The quantitative estimate of drug-likeness (QED) is 0.361. The van der Waals surface area contributed by atoms with Crippen LogP contribution in [0.4, 0.5) is 0 Å². The average Bonchev–Trinajstić information content (AvgIpc) is 2.18. The molecule has 0 saturated carbocycles. The summed E-state index contributed by atoms with van der Waals surface area (Å²) in [6.45, 7) is 1.30. The summed E-state index contributed by atoms with van der Waals surface area (Å²) in [5, 5.41) is 0.0836. The Morgan fingerprint density at radius 1 is 1.24 bits per heavy atom. The SMILES string of the molecule is CC(=O)c1cccc(Cl)c1OC(=O)C(Cl)(Cl)Cl. The van der Waals surface area contributed by atoms with Crippen LogP contribution < -0.4 is 4.74 Å². The lowest BCUT2D eigenvalue weighted by atomic mass is 10.1. The van der Waals surface area contributed by atoms with Gasteiger partial charge < -0.3 is 4.74 Å². The van der Waals surface area contributed by atoms with Crippen LogP contribution in [0.3, 0.4) is 0 Å². The summed E-state index contributed by atoms with van der Waals surface area (Å²) >= 11 is 21.8. The van der Waals surface area contributed by atoms with Crippen LogP contribution >= 0.6 is 46.4 Å². The smallest absolute Gasteiger partial charge is 0.364 e. The minimum atomic E-state index is -2.23. The lowest BCUT2D eigenvalue weighted by Gasteiger charge is -2.13. The molecule has 0 aliphatic carbocycles. The first-order chi connectivity index (χ1) is 7.73. The van der Waals surface area contributed by atoms with E-state index in [1.54, 1.807) is 6.07 Å². The Labute approximate surface area is 118 Å². The zero-order valence-corrected chi connectivity index (χ0v) is 11.5. The topological polar surface area (TPSA) is 43.4 Å². The molecule has 0 atom stereocenters. The third-order valence-electron chi connectivity index (χ3n) is 1.77. The molecule has 0 amide bonds. The van der Waals surface area contributed by atoms with Gasteiger partial charge in [-0.3, -0.25) is 4.79 Å². The van der Waals surface area contributed by atoms with E-state index in [2.05, 4.69) is 0 Å². The van der Waals surface area contributed by atoms with Gasteiger partial charge in [0, 0.05) is 0 Å². The lowest BCUT2D eigenvalue weighted by Crippen LogP contribution is -2.25. The predicted molar refractivity (Wildman–Crippen MR) is 67.4 cm³/mol. The number of Topliss-reactive ketones (excluding diaryl/α,β-unsaturated/α-hetero) is 1. The Bertz CT molecular complexity index is 465. The molecule has 1 aromatic carbocycles. The highest BCUT2D eigenvalue weighted by Crippen LogP contribution is 2.33. The number of halogens is 4. The van der Waals surface area contributed by atoms with Crippen molar-refractivity contribution in [1.29, 1.82) is 0 Å². The van der Waals surface area contributed by atoms with Crippen molar-refractivity contribution in [2.75, 3.05) is 0 Å². The van der Waals surface area contributed by atoms with E-state index in [0.717, 1.165) is 0 Å².